The molecule has 0 spiro atoms. The van der Waals surface area contributed by atoms with E-state index in [1.54, 1.807) is 29.8 Å². The van der Waals surface area contributed by atoms with Gasteiger partial charge < -0.3 is 25.6 Å². The third-order valence-corrected chi connectivity index (χ3v) is 14.2. The molecule has 9 heteroatoms. The first-order chi connectivity index (χ1) is 26.7. The van der Waals surface area contributed by atoms with Gasteiger partial charge in [-0.1, -0.05) is 72.0 Å². The number of fused-ring (bicyclic) bond motifs is 5. The number of nitrogens with one attached hydrogen (secondary N) is 1. The number of alkyl carbamates (subject to hydrolysis) is 1. The number of amides is 1. The Morgan fingerprint density at radius 2 is 1.64 bits per heavy atom. The SMILES string of the molecule is CC(=O)c1ccc(OCCCC(=O)O)cc1.CC(C)CCC[C@@H](C)[C@H]1CCC2C3CC=C4C[C@@H](OC(=O)NCCCCCC(=O)CN)CC[C@]4(C)C3CC[C@@]21C. The van der Waals surface area contributed by atoms with Crippen LogP contribution >= 0.6 is 0 Å². The van der Waals surface area contributed by atoms with Crippen LogP contribution in [0.2, 0.25) is 0 Å². The van der Waals surface area contributed by atoms with Crippen molar-refractivity contribution in [2.24, 2.45) is 52.1 Å². The smallest absolute Gasteiger partial charge is 0.407 e. The fourth-order valence-electron chi connectivity index (χ4n) is 11.1. The summed E-state index contributed by atoms with van der Waals surface area (Å²) in [6.07, 6.45) is 20.1. The number of Topliss-reactive ketones (excluding diaryl/α,β-unsaturated/α-hetero) is 2. The summed E-state index contributed by atoms with van der Waals surface area (Å²) in [5.41, 5.74) is 8.37. The van der Waals surface area contributed by atoms with Gasteiger partial charge in [0.05, 0.1) is 13.2 Å². The number of hydrogen-bond donors (Lipinski definition) is 3. The molecular formula is C47H74N2O7. The highest BCUT2D eigenvalue weighted by Gasteiger charge is 2.59. The van der Waals surface area contributed by atoms with Crippen LogP contribution in [-0.2, 0) is 14.3 Å². The molecule has 3 saturated carbocycles. The lowest BCUT2D eigenvalue weighted by molar-refractivity contribution is -0.137. The van der Waals surface area contributed by atoms with E-state index in [2.05, 4.69) is 46.0 Å². The normalized spacial score (nSPS) is 28.4. The number of aliphatic carboxylic acids is 1. The van der Waals surface area contributed by atoms with Crippen molar-refractivity contribution in [2.75, 3.05) is 19.7 Å². The Morgan fingerprint density at radius 1 is 0.893 bits per heavy atom. The van der Waals surface area contributed by atoms with E-state index in [9.17, 15) is 19.2 Å². The average Bonchev–Trinajstić information content (AvgIpc) is 3.52. The summed E-state index contributed by atoms with van der Waals surface area (Å²) in [6, 6.07) is 6.79. The number of carboxylic acid groups (broad SMARTS) is 1. The number of hydrogen-bond acceptors (Lipinski definition) is 7. The number of unbranched alkanes of at least 4 members (excludes halogenated alkanes) is 2. The van der Waals surface area contributed by atoms with Gasteiger partial charge in [0, 0.05) is 31.4 Å². The molecule has 1 amide bonds. The lowest BCUT2D eigenvalue weighted by Gasteiger charge is -2.58. The molecule has 0 bridgehead atoms. The van der Waals surface area contributed by atoms with Gasteiger partial charge in [0.15, 0.2) is 5.78 Å². The number of allylic oxidation sites excluding steroid dienone is 1. The van der Waals surface area contributed by atoms with Crippen LogP contribution in [0.3, 0.4) is 0 Å². The van der Waals surface area contributed by atoms with Crippen molar-refractivity contribution >= 4 is 23.6 Å². The van der Waals surface area contributed by atoms with E-state index in [-0.39, 0.29) is 42.1 Å². The third kappa shape index (κ3) is 12.4. The number of carbonyl (C=O) groups is 4. The largest absolute Gasteiger partial charge is 0.494 e. The molecule has 56 heavy (non-hydrogen) atoms. The first-order valence-corrected chi connectivity index (χ1v) is 22.0. The Morgan fingerprint density at radius 3 is 2.32 bits per heavy atom. The van der Waals surface area contributed by atoms with Crippen molar-refractivity contribution in [2.45, 2.75) is 157 Å². The van der Waals surface area contributed by atoms with Gasteiger partial charge in [0.1, 0.15) is 17.6 Å². The van der Waals surface area contributed by atoms with Gasteiger partial charge in [-0.2, -0.15) is 0 Å². The molecule has 314 valence electrons. The lowest BCUT2D eigenvalue weighted by Crippen LogP contribution is -2.51. The molecule has 8 atom stereocenters. The maximum absolute atomic E-state index is 12.5. The molecule has 5 rings (SSSR count). The zero-order chi connectivity index (χ0) is 40.9. The van der Waals surface area contributed by atoms with Crippen LogP contribution in [0, 0.1) is 46.3 Å². The van der Waals surface area contributed by atoms with E-state index in [0.717, 1.165) is 74.0 Å². The number of ketones is 2. The molecule has 0 aliphatic heterocycles. The molecule has 9 nitrogen and oxygen atoms in total. The predicted molar refractivity (Wildman–Crippen MR) is 223 cm³/mol. The predicted octanol–water partition coefficient (Wildman–Crippen LogP) is 10.3. The molecular weight excluding hydrogens is 705 g/mol. The number of ether oxygens (including phenoxy) is 2. The van der Waals surface area contributed by atoms with Gasteiger partial charge in [0.25, 0.3) is 0 Å². The van der Waals surface area contributed by atoms with Crippen LogP contribution < -0.4 is 15.8 Å². The van der Waals surface area contributed by atoms with Crippen LogP contribution in [0.15, 0.2) is 35.9 Å². The minimum atomic E-state index is -0.824. The van der Waals surface area contributed by atoms with Gasteiger partial charge in [-0.3, -0.25) is 14.4 Å². The fourth-order valence-corrected chi connectivity index (χ4v) is 11.1. The van der Waals surface area contributed by atoms with Gasteiger partial charge in [-0.05, 0) is 142 Å². The van der Waals surface area contributed by atoms with Crippen molar-refractivity contribution in [1.29, 1.82) is 0 Å². The van der Waals surface area contributed by atoms with E-state index in [1.165, 1.54) is 58.3 Å². The minimum absolute atomic E-state index is 0.00513. The Kier molecular flexibility index (Phi) is 17.5. The van der Waals surface area contributed by atoms with Crippen molar-refractivity contribution < 1.29 is 33.8 Å². The minimum Gasteiger partial charge on any atom is -0.494 e. The van der Waals surface area contributed by atoms with Gasteiger partial charge in [-0.25, -0.2) is 4.79 Å². The summed E-state index contributed by atoms with van der Waals surface area (Å²) < 4.78 is 11.2. The second kappa shape index (κ2) is 21.5. The first kappa shape index (κ1) is 45.5. The van der Waals surface area contributed by atoms with Crippen LogP contribution in [0.25, 0.3) is 0 Å². The number of carbonyl (C=O) groups excluding carboxylic acids is 3. The van der Waals surface area contributed by atoms with Crippen LogP contribution in [-0.4, -0.2) is 54.5 Å². The van der Waals surface area contributed by atoms with Crippen molar-refractivity contribution in [3.63, 3.8) is 0 Å². The molecule has 0 aromatic heterocycles. The fraction of sp³-hybridized carbons (Fsp3) is 0.745. The lowest BCUT2D eigenvalue weighted by atomic mass is 9.47. The Bertz CT molecular complexity index is 1470. The second-order valence-corrected chi connectivity index (χ2v) is 18.5. The summed E-state index contributed by atoms with van der Waals surface area (Å²) in [5.74, 6) is 5.04. The van der Waals surface area contributed by atoms with E-state index in [0.29, 0.717) is 42.7 Å². The second-order valence-electron chi connectivity index (χ2n) is 18.5. The number of carboxylic acids is 1. The maximum Gasteiger partial charge on any atom is 0.407 e. The van der Waals surface area contributed by atoms with Gasteiger partial charge in [-0.15, -0.1) is 0 Å². The van der Waals surface area contributed by atoms with Crippen molar-refractivity contribution in [3.05, 3.63) is 41.5 Å². The number of rotatable bonds is 19. The highest BCUT2D eigenvalue weighted by molar-refractivity contribution is 5.94. The third-order valence-electron chi connectivity index (χ3n) is 14.2. The summed E-state index contributed by atoms with van der Waals surface area (Å²) in [7, 11) is 0. The monoisotopic (exact) mass is 779 g/mol. The summed E-state index contributed by atoms with van der Waals surface area (Å²) in [5, 5.41) is 11.3. The molecule has 0 saturated heterocycles. The van der Waals surface area contributed by atoms with Crippen LogP contribution in [0.1, 0.15) is 161 Å². The summed E-state index contributed by atoms with van der Waals surface area (Å²) in [4.78, 5) is 45.0. The highest BCUT2D eigenvalue weighted by atomic mass is 16.6. The van der Waals surface area contributed by atoms with E-state index < -0.39 is 5.97 Å². The quantitative estimate of drug-likeness (QED) is 0.0715. The zero-order valence-corrected chi connectivity index (χ0v) is 35.5. The molecule has 1 aromatic carbocycles. The average molecular weight is 779 g/mol. The van der Waals surface area contributed by atoms with Crippen molar-refractivity contribution in [1.82, 2.24) is 5.32 Å². The molecule has 1 aromatic rings. The molecule has 4 aliphatic carbocycles. The standard InChI is InChI=1S/C35H60N2O3.C12H14O4/c1-24(2)10-9-11-25(3)30-15-16-31-29-14-13-26-22-28(17-19-34(26,4)32(29)18-20-35(30,31)5)40-33(39)37-21-8-6-7-12-27(38)23-36;1-9(13)10-4-6-11(7-5-10)16-8-2-3-12(14)15/h13,24-25,28-32H,6-12,14-23,36H2,1-5H3,(H,37,39);4-7H,2-3,8H2,1H3,(H,14,15)/t25-,28+,29?,30-,31?,32?,34+,35-;/m1./s1. The molecule has 4 aliphatic rings. The first-order valence-electron chi connectivity index (χ1n) is 22.0. The molecule has 4 N–H and O–H groups in total. The Hall–Kier alpha value is -3.20. The highest BCUT2D eigenvalue weighted by Crippen LogP contribution is 2.67. The molecule has 3 fully saturated rings. The van der Waals surface area contributed by atoms with E-state index in [4.69, 9.17) is 20.3 Å². The van der Waals surface area contributed by atoms with Crippen LogP contribution in [0.4, 0.5) is 4.79 Å². The van der Waals surface area contributed by atoms with Gasteiger partial charge in [0.2, 0.25) is 0 Å². The Balaban J connectivity index is 0.000000364. The number of nitrogens with two attached hydrogens (primary N) is 1. The molecule has 0 heterocycles. The molecule has 0 radical (unpaired) electrons. The topological polar surface area (TPSA) is 145 Å². The summed E-state index contributed by atoms with van der Waals surface area (Å²) in [6.45, 7) is 15.1. The number of benzene rings is 1. The maximum atomic E-state index is 12.5. The van der Waals surface area contributed by atoms with E-state index in [1.807, 2.05) is 0 Å². The van der Waals surface area contributed by atoms with Crippen LogP contribution in [0.5, 0.6) is 5.75 Å². The van der Waals surface area contributed by atoms with Crippen molar-refractivity contribution in [3.8, 4) is 5.75 Å². The molecule has 3 unspecified atom stereocenters. The van der Waals surface area contributed by atoms with E-state index >= 15 is 0 Å². The Labute approximate surface area is 337 Å². The zero-order valence-electron chi connectivity index (χ0n) is 35.5. The summed E-state index contributed by atoms with van der Waals surface area (Å²) >= 11 is 0. The van der Waals surface area contributed by atoms with Gasteiger partial charge >= 0.3 is 12.1 Å².